The molecule has 1 amide bonds. The van der Waals surface area contributed by atoms with Crippen LogP contribution >= 0.6 is 0 Å². The van der Waals surface area contributed by atoms with Crippen LogP contribution in [-0.4, -0.2) is 31.7 Å². The van der Waals surface area contributed by atoms with E-state index in [1.807, 2.05) is 17.0 Å². The zero-order valence-corrected chi connectivity index (χ0v) is 14.2. The summed E-state index contributed by atoms with van der Waals surface area (Å²) in [5.74, 6) is 2.21. The highest BCUT2D eigenvalue weighted by atomic mass is 16.6. The molecule has 0 aromatic heterocycles. The molecule has 1 N–H and O–H groups in total. The molecule has 2 heterocycles. The molecule has 0 aliphatic carbocycles. The molecule has 1 unspecified atom stereocenters. The maximum absolute atomic E-state index is 12.9. The van der Waals surface area contributed by atoms with Gasteiger partial charge in [-0.3, -0.25) is 4.79 Å². The van der Waals surface area contributed by atoms with Crippen molar-refractivity contribution in [1.29, 1.82) is 0 Å². The molecular formula is C18H26N2O3. The molecule has 1 aromatic rings. The maximum Gasteiger partial charge on any atom is 0.249 e. The fourth-order valence-corrected chi connectivity index (χ4v) is 3.08. The number of carbonyl (C=O) groups excluding carboxylic acids is 1. The highest BCUT2D eigenvalue weighted by molar-refractivity contribution is 6.05. The summed E-state index contributed by atoms with van der Waals surface area (Å²) in [4.78, 5) is 14.8. The summed E-state index contributed by atoms with van der Waals surface area (Å²) in [6, 6.07) is 3.76. The van der Waals surface area contributed by atoms with Gasteiger partial charge in [-0.1, -0.05) is 27.2 Å². The summed E-state index contributed by atoms with van der Waals surface area (Å²) in [6.45, 7) is 8.33. The lowest BCUT2D eigenvalue weighted by atomic mass is 10.0. The molecule has 3 rings (SSSR count). The quantitative estimate of drug-likeness (QED) is 0.903. The zero-order chi connectivity index (χ0) is 16.4. The summed E-state index contributed by atoms with van der Waals surface area (Å²) in [5, 5.41) is 3.39. The van der Waals surface area contributed by atoms with Crippen LogP contribution in [0, 0.1) is 5.92 Å². The van der Waals surface area contributed by atoms with Crippen LogP contribution in [0.3, 0.4) is 0 Å². The second-order valence-electron chi connectivity index (χ2n) is 6.67. The molecule has 126 valence electrons. The molecule has 0 saturated carbocycles. The van der Waals surface area contributed by atoms with E-state index in [4.69, 9.17) is 9.47 Å². The third-order valence-corrected chi connectivity index (χ3v) is 4.35. The van der Waals surface area contributed by atoms with Crippen LogP contribution in [0.4, 0.5) is 11.4 Å². The van der Waals surface area contributed by atoms with Crippen molar-refractivity contribution in [2.24, 2.45) is 5.92 Å². The molecule has 0 spiro atoms. The Morgan fingerprint density at radius 3 is 2.61 bits per heavy atom. The number of amides is 1. The normalized spacial score (nSPS) is 19.6. The first-order chi connectivity index (χ1) is 11.1. The number of hydrogen-bond acceptors (Lipinski definition) is 4. The Labute approximate surface area is 137 Å². The monoisotopic (exact) mass is 318 g/mol. The van der Waals surface area contributed by atoms with Gasteiger partial charge in [-0.05, 0) is 18.8 Å². The third-order valence-electron chi connectivity index (χ3n) is 4.35. The first-order valence-corrected chi connectivity index (χ1v) is 8.61. The number of carbonyl (C=O) groups is 1. The highest BCUT2D eigenvalue weighted by Gasteiger charge is 2.33. The van der Waals surface area contributed by atoms with Gasteiger partial charge in [0.05, 0.1) is 11.4 Å². The van der Waals surface area contributed by atoms with Gasteiger partial charge in [-0.2, -0.15) is 0 Å². The summed E-state index contributed by atoms with van der Waals surface area (Å²) in [7, 11) is 0. The average Bonchev–Trinajstić information content (AvgIpc) is 2.53. The molecule has 0 fully saturated rings. The molecular weight excluding hydrogens is 292 g/mol. The smallest absolute Gasteiger partial charge is 0.249 e. The highest BCUT2D eigenvalue weighted by Crippen LogP contribution is 2.42. The Hall–Kier alpha value is -1.91. The maximum atomic E-state index is 12.9. The van der Waals surface area contributed by atoms with E-state index < -0.39 is 0 Å². The SMILES string of the molecule is CCCC1Nc2cc3c(cc2N(CCC(C)C)C1=O)OCCO3. The molecule has 1 aromatic carbocycles. The van der Waals surface area contributed by atoms with E-state index in [1.54, 1.807) is 0 Å². The van der Waals surface area contributed by atoms with E-state index in [0.717, 1.165) is 48.7 Å². The third kappa shape index (κ3) is 3.23. The van der Waals surface area contributed by atoms with Gasteiger partial charge >= 0.3 is 0 Å². The summed E-state index contributed by atoms with van der Waals surface area (Å²) >= 11 is 0. The van der Waals surface area contributed by atoms with Crippen LogP contribution in [0.15, 0.2) is 12.1 Å². The fourth-order valence-electron chi connectivity index (χ4n) is 3.08. The standard InChI is InChI=1S/C18H26N2O3/c1-4-5-13-18(21)20(7-6-12(2)3)15-11-17-16(10-14(15)19-13)22-8-9-23-17/h10-13,19H,4-9H2,1-3H3. The van der Waals surface area contributed by atoms with E-state index in [-0.39, 0.29) is 11.9 Å². The predicted octanol–water partition coefficient (Wildman–Crippen LogP) is 3.43. The molecule has 1 atom stereocenters. The van der Waals surface area contributed by atoms with Gasteiger partial charge in [0, 0.05) is 18.7 Å². The van der Waals surface area contributed by atoms with Crippen molar-refractivity contribution in [3.63, 3.8) is 0 Å². The number of benzene rings is 1. The summed E-state index contributed by atoms with van der Waals surface area (Å²) in [6.07, 6.45) is 2.80. The Morgan fingerprint density at radius 2 is 1.96 bits per heavy atom. The number of anilines is 2. The van der Waals surface area contributed by atoms with Crippen LogP contribution < -0.4 is 19.7 Å². The second-order valence-corrected chi connectivity index (χ2v) is 6.67. The molecule has 0 saturated heterocycles. The van der Waals surface area contributed by atoms with Crippen molar-refractivity contribution in [1.82, 2.24) is 0 Å². The largest absolute Gasteiger partial charge is 0.486 e. The molecule has 5 nitrogen and oxygen atoms in total. The molecule has 23 heavy (non-hydrogen) atoms. The molecule has 2 aliphatic heterocycles. The van der Waals surface area contributed by atoms with E-state index in [9.17, 15) is 4.79 Å². The Morgan fingerprint density at radius 1 is 1.26 bits per heavy atom. The number of nitrogens with one attached hydrogen (secondary N) is 1. The first kappa shape index (κ1) is 16.0. The molecule has 2 aliphatic rings. The van der Waals surface area contributed by atoms with Crippen molar-refractivity contribution in [3.8, 4) is 11.5 Å². The Balaban J connectivity index is 1.95. The second kappa shape index (κ2) is 6.69. The summed E-state index contributed by atoms with van der Waals surface area (Å²) < 4.78 is 11.4. The van der Waals surface area contributed by atoms with Crippen molar-refractivity contribution in [3.05, 3.63) is 12.1 Å². The molecule has 0 radical (unpaired) electrons. The number of nitrogens with zero attached hydrogens (tertiary/aromatic N) is 1. The minimum Gasteiger partial charge on any atom is -0.486 e. The lowest BCUT2D eigenvalue weighted by Gasteiger charge is -2.36. The summed E-state index contributed by atoms with van der Waals surface area (Å²) in [5.41, 5.74) is 1.88. The number of rotatable bonds is 5. The number of hydrogen-bond donors (Lipinski definition) is 1. The van der Waals surface area contributed by atoms with Crippen LogP contribution in [0.1, 0.15) is 40.0 Å². The van der Waals surface area contributed by atoms with E-state index in [0.29, 0.717) is 19.1 Å². The van der Waals surface area contributed by atoms with Crippen LogP contribution in [0.25, 0.3) is 0 Å². The minimum atomic E-state index is -0.151. The van der Waals surface area contributed by atoms with Crippen LogP contribution in [-0.2, 0) is 4.79 Å². The van der Waals surface area contributed by atoms with Gasteiger partial charge in [0.2, 0.25) is 5.91 Å². The van der Waals surface area contributed by atoms with Gasteiger partial charge in [-0.25, -0.2) is 0 Å². The van der Waals surface area contributed by atoms with Gasteiger partial charge in [-0.15, -0.1) is 0 Å². The first-order valence-electron chi connectivity index (χ1n) is 8.61. The molecule has 0 bridgehead atoms. The number of fused-ring (bicyclic) bond motifs is 2. The zero-order valence-electron chi connectivity index (χ0n) is 14.2. The average molecular weight is 318 g/mol. The fraction of sp³-hybridized carbons (Fsp3) is 0.611. The Kier molecular flexibility index (Phi) is 4.64. The van der Waals surface area contributed by atoms with Crippen molar-refractivity contribution >= 4 is 17.3 Å². The number of ether oxygens (including phenoxy) is 2. The van der Waals surface area contributed by atoms with Gasteiger partial charge < -0.3 is 19.7 Å². The lowest BCUT2D eigenvalue weighted by Crippen LogP contribution is -2.47. The van der Waals surface area contributed by atoms with Crippen LogP contribution in [0.5, 0.6) is 11.5 Å². The van der Waals surface area contributed by atoms with Crippen molar-refractivity contribution in [2.75, 3.05) is 30.0 Å². The topological polar surface area (TPSA) is 50.8 Å². The van der Waals surface area contributed by atoms with Gasteiger partial charge in [0.25, 0.3) is 0 Å². The van der Waals surface area contributed by atoms with Crippen molar-refractivity contribution in [2.45, 2.75) is 46.1 Å². The van der Waals surface area contributed by atoms with Gasteiger partial charge in [0.1, 0.15) is 19.3 Å². The van der Waals surface area contributed by atoms with Crippen LogP contribution in [0.2, 0.25) is 0 Å². The van der Waals surface area contributed by atoms with Gasteiger partial charge in [0.15, 0.2) is 11.5 Å². The minimum absolute atomic E-state index is 0.151. The predicted molar refractivity (Wildman–Crippen MR) is 91.6 cm³/mol. The van der Waals surface area contributed by atoms with E-state index in [1.165, 1.54) is 0 Å². The van der Waals surface area contributed by atoms with E-state index in [2.05, 4.69) is 26.1 Å². The lowest BCUT2D eigenvalue weighted by molar-refractivity contribution is -0.119. The Bertz CT molecular complexity index is 586. The van der Waals surface area contributed by atoms with E-state index >= 15 is 0 Å². The van der Waals surface area contributed by atoms with Crippen molar-refractivity contribution < 1.29 is 14.3 Å². The molecule has 5 heteroatoms.